The molecule has 1 saturated heterocycles. The van der Waals surface area contributed by atoms with Crippen molar-refractivity contribution in [3.05, 3.63) is 72.3 Å². The second-order valence-electron chi connectivity index (χ2n) is 7.77. The van der Waals surface area contributed by atoms with Crippen LogP contribution in [0.4, 0.5) is 0 Å². The van der Waals surface area contributed by atoms with Gasteiger partial charge < -0.3 is 15.4 Å². The van der Waals surface area contributed by atoms with Crippen molar-refractivity contribution in [1.29, 1.82) is 0 Å². The van der Waals surface area contributed by atoms with Gasteiger partial charge in [-0.1, -0.05) is 36.9 Å². The largest absolute Gasteiger partial charge is 0.496 e. The predicted octanol–water partition coefficient (Wildman–Crippen LogP) is 2.12. The van der Waals surface area contributed by atoms with Crippen LogP contribution in [0.15, 0.2) is 66.1 Å². The van der Waals surface area contributed by atoms with Crippen molar-refractivity contribution < 1.29 is 22.7 Å². The van der Waals surface area contributed by atoms with Crippen molar-refractivity contribution in [2.45, 2.75) is 30.2 Å². The average Bonchev–Trinajstić information content (AvgIpc) is 2.84. The highest BCUT2D eigenvalue weighted by Gasteiger charge is 2.31. The van der Waals surface area contributed by atoms with Gasteiger partial charge in [0.2, 0.25) is 15.9 Å². The lowest BCUT2D eigenvalue weighted by Gasteiger charge is -2.32. The van der Waals surface area contributed by atoms with Gasteiger partial charge in [-0.3, -0.25) is 9.59 Å². The monoisotopic (exact) mass is 471 g/mol. The highest BCUT2D eigenvalue weighted by molar-refractivity contribution is 7.89. The van der Waals surface area contributed by atoms with Crippen LogP contribution < -0.4 is 15.4 Å². The maximum Gasteiger partial charge on any atom is 0.255 e. The molecule has 2 aromatic carbocycles. The minimum Gasteiger partial charge on any atom is -0.496 e. The molecule has 0 spiro atoms. The normalized spacial score (nSPS) is 16.6. The number of sulfonamides is 1. The third kappa shape index (κ3) is 6.21. The summed E-state index contributed by atoms with van der Waals surface area (Å²) in [6.07, 6.45) is 3.17. The summed E-state index contributed by atoms with van der Waals surface area (Å²) < 4.78 is 33.1. The van der Waals surface area contributed by atoms with E-state index in [0.29, 0.717) is 32.4 Å². The zero-order valence-corrected chi connectivity index (χ0v) is 19.4. The summed E-state index contributed by atoms with van der Waals surface area (Å²) in [7, 11) is -2.42. The first-order valence-corrected chi connectivity index (χ1v) is 12.2. The quantitative estimate of drug-likeness (QED) is 0.545. The zero-order chi connectivity index (χ0) is 23.8. The molecule has 0 unspecified atom stereocenters. The third-order valence-corrected chi connectivity index (χ3v) is 7.37. The van der Waals surface area contributed by atoms with Gasteiger partial charge in [-0.05, 0) is 43.0 Å². The number of hydrogen-bond donors (Lipinski definition) is 2. The molecule has 0 bridgehead atoms. The van der Waals surface area contributed by atoms with E-state index < -0.39 is 10.0 Å². The van der Waals surface area contributed by atoms with Crippen molar-refractivity contribution in [2.24, 2.45) is 0 Å². The number of carbonyl (C=O) groups excluding carboxylic acids is 2. The molecule has 0 aromatic heterocycles. The van der Waals surface area contributed by atoms with E-state index in [2.05, 4.69) is 17.2 Å². The SMILES string of the molecule is C=CC(=O)N[C@H]1CCCN(S(=O)(=O)c2ccc(C(=O)NCCc3ccccc3)c(OC)c2)C1. The zero-order valence-electron chi connectivity index (χ0n) is 18.6. The first-order valence-electron chi connectivity index (χ1n) is 10.8. The molecule has 8 nitrogen and oxygen atoms in total. The fourth-order valence-electron chi connectivity index (χ4n) is 3.77. The van der Waals surface area contributed by atoms with Crippen LogP contribution >= 0.6 is 0 Å². The Labute approximate surface area is 194 Å². The van der Waals surface area contributed by atoms with Crippen LogP contribution in [0.5, 0.6) is 5.75 Å². The molecule has 1 atom stereocenters. The van der Waals surface area contributed by atoms with Gasteiger partial charge in [0.25, 0.3) is 5.91 Å². The second-order valence-corrected chi connectivity index (χ2v) is 9.71. The van der Waals surface area contributed by atoms with Gasteiger partial charge in [0.15, 0.2) is 0 Å². The minimum atomic E-state index is -3.82. The summed E-state index contributed by atoms with van der Waals surface area (Å²) in [6, 6.07) is 13.8. The van der Waals surface area contributed by atoms with Crippen LogP contribution in [0.25, 0.3) is 0 Å². The van der Waals surface area contributed by atoms with E-state index in [1.54, 1.807) is 0 Å². The Morgan fingerprint density at radius 1 is 1.21 bits per heavy atom. The highest BCUT2D eigenvalue weighted by Crippen LogP contribution is 2.27. The van der Waals surface area contributed by atoms with Crippen molar-refractivity contribution in [2.75, 3.05) is 26.7 Å². The number of methoxy groups -OCH3 is 1. The van der Waals surface area contributed by atoms with Crippen LogP contribution in [0, 0.1) is 0 Å². The topological polar surface area (TPSA) is 105 Å². The van der Waals surface area contributed by atoms with Crippen molar-refractivity contribution in [3.63, 3.8) is 0 Å². The molecule has 0 saturated carbocycles. The molecule has 1 aliphatic heterocycles. The molecule has 3 rings (SSSR count). The fraction of sp³-hybridized carbons (Fsp3) is 0.333. The molecule has 33 heavy (non-hydrogen) atoms. The summed E-state index contributed by atoms with van der Waals surface area (Å²) >= 11 is 0. The lowest BCUT2D eigenvalue weighted by molar-refractivity contribution is -0.117. The smallest absolute Gasteiger partial charge is 0.255 e. The summed E-state index contributed by atoms with van der Waals surface area (Å²) in [5.41, 5.74) is 1.37. The molecule has 2 amide bonds. The number of nitrogens with one attached hydrogen (secondary N) is 2. The van der Waals surface area contributed by atoms with E-state index in [-0.39, 0.29) is 40.6 Å². The first-order chi connectivity index (χ1) is 15.8. The van der Waals surface area contributed by atoms with Crippen LogP contribution in [-0.2, 0) is 21.2 Å². The molecule has 9 heteroatoms. The third-order valence-electron chi connectivity index (χ3n) is 5.51. The van der Waals surface area contributed by atoms with E-state index in [9.17, 15) is 18.0 Å². The summed E-state index contributed by atoms with van der Waals surface area (Å²) in [6.45, 7) is 4.40. The number of nitrogens with zero attached hydrogens (tertiary/aromatic N) is 1. The number of rotatable bonds is 9. The summed E-state index contributed by atoms with van der Waals surface area (Å²) in [4.78, 5) is 24.3. The van der Waals surface area contributed by atoms with Gasteiger partial charge in [-0.25, -0.2) is 8.42 Å². The van der Waals surface area contributed by atoms with Crippen LogP contribution in [0.2, 0.25) is 0 Å². The van der Waals surface area contributed by atoms with Gasteiger partial charge in [-0.2, -0.15) is 4.31 Å². The van der Waals surface area contributed by atoms with Crippen LogP contribution in [0.1, 0.15) is 28.8 Å². The number of hydrogen-bond acceptors (Lipinski definition) is 5. The van der Waals surface area contributed by atoms with Gasteiger partial charge in [-0.15, -0.1) is 0 Å². The molecular weight excluding hydrogens is 442 g/mol. The van der Waals surface area contributed by atoms with E-state index in [1.807, 2.05) is 30.3 Å². The average molecular weight is 472 g/mol. The Morgan fingerprint density at radius 3 is 2.67 bits per heavy atom. The van der Waals surface area contributed by atoms with E-state index in [1.165, 1.54) is 35.7 Å². The lowest BCUT2D eigenvalue weighted by atomic mass is 10.1. The molecule has 176 valence electrons. The Balaban J connectivity index is 1.70. The van der Waals surface area contributed by atoms with Gasteiger partial charge in [0.05, 0.1) is 17.6 Å². The number of amides is 2. The van der Waals surface area contributed by atoms with Crippen LogP contribution in [-0.4, -0.2) is 57.3 Å². The van der Waals surface area contributed by atoms with Gasteiger partial charge in [0.1, 0.15) is 5.75 Å². The molecule has 1 heterocycles. The summed E-state index contributed by atoms with van der Waals surface area (Å²) in [5.74, 6) is -0.484. The second kappa shape index (κ2) is 11.1. The Morgan fingerprint density at radius 2 is 1.97 bits per heavy atom. The maximum atomic E-state index is 13.2. The molecule has 0 aliphatic carbocycles. The van der Waals surface area contributed by atoms with E-state index in [4.69, 9.17) is 4.74 Å². The number of piperidine rings is 1. The van der Waals surface area contributed by atoms with Gasteiger partial charge in [0, 0.05) is 31.7 Å². The molecule has 2 N–H and O–H groups in total. The molecule has 0 radical (unpaired) electrons. The first kappa shape index (κ1) is 24.5. The van der Waals surface area contributed by atoms with E-state index in [0.717, 1.165) is 5.56 Å². The minimum absolute atomic E-state index is 0.0379. The molecule has 2 aromatic rings. The van der Waals surface area contributed by atoms with Crippen molar-refractivity contribution in [1.82, 2.24) is 14.9 Å². The standard InChI is InChI=1S/C24H29N3O5S/c1-3-23(28)26-19-10-7-15-27(17-19)33(30,31)20-11-12-21(22(16-20)32-2)24(29)25-14-13-18-8-5-4-6-9-18/h3-6,8-9,11-12,16,19H,1,7,10,13-15,17H2,2H3,(H,25,29)(H,26,28)/t19-/m0/s1. The van der Waals surface area contributed by atoms with Crippen molar-refractivity contribution >= 4 is 21.8 Å². The van der Waals surface area contributed by atoms with Crippen molar-refractivity contribution in [3.8, 4) is 5.75 Å². The summed E-state index contributed by atoms with van der Waals surface area (Å²) in [5, 5.41) is 5.61. The highest BCUT2D eigenvalue weighted by atomic mass is 32.2. The molecule has 1 fully saturated rings. The van der Waals surface area contributed by atoms with Gasteiger partial charge >= 0.3 is 0 Å². The maximum absolute atomic E-state index is 13.2. The molecule has 1 aliphatic rings. The predicted molar refractivity (Wildman–Crippen MR) is 126 cm³/mol. The number of ether oxygens (including phenoxy) is 1. The van der Waals surface area contributed by atoms with E-state index >= 15 is 0 Å². The number of carbonyl (C=O) groups is 2. The fourth-order valence-corrected chi connectivity index (χ4v) is 5.31. The Kier molecular flexibility index (Phi) is 8.24. The Hall–Kier alpha value is -3.17. The Bertz CT molecular complexity index is 1100. The van der Waals surface area contributed by atoms with Crippen LogP contribution in [0.3, 0.4) is 0 Å². The molecular formula is C24H29N3O5S. The lowest BCUT2D eigenvalue weighted by Crippen LogP contribution is -2.49. The number of benzene rings is 2.